The van der Waals surface area contributed by atoms with Crippen LogP contribution in [0.15, 0.2) is 18.2 Å². The molecule has 0 atom stereocenters. The fourth-order valence-electron chi connectivity index (χ4n) is 1.40. The minimum absolute atomic E-state index is 0.134. The molecule has 0 aliphatic carbocycles. The molecule has 1 aromatic rings. The standard InChI is InChI=1S/C13H17NO5/c1-10(2)9-18-5-6-19-13-4-3-12(14(16)17)7-11(13)8-15/h3-4,7-8,10H,5-6,9H2,1-2H3. The van der Waals surface area contributed by atoms with Crippen LogP contribution in [-0.4, -0.2) is 31.0 Å². The van der Waals surface area contributed by atoms with Gasteiger partial charge in [0.1, 0.15) is 12.4 Å². The summed E-state index contributed by atoms with van der Waals surface area (Å²) in [6, 6.07) is 3.92. The summed E-state index contributed by atoms with van der Waals surface area (Å²) < 4.78 is 10.7. The molecule has 0 N–H and O–H groups in total. The van der Waals surface area contributed by atoms with E-state index in [-0.39, 0.29) is 11.3 Å². The zero-order chi connectivity index (χ0) is 14.3. The number of rotatable bonds is 8. The summed E-state index contributed by atoms with van der Waals surface area (Å²) in [7, 11) is 0. The number of hydrogen-bond donors (Lipinski definition) is 0. The van der Waals surface area contributed by atoms with Crippen molar-refractivity contribution in [1.82, 2.24) is 0 Å². The SMILES string of the molecule is CC(C)COCCOc1ccc([N+](=O)[O-])cc1C=O. The first-order chi connectivity index (χ1) is 9.04. The van der Waals surface area contributed by atoms with E-state index in [1.807, 2.05) is 13.8 Å². The quantitative estimate of drug-likeness (QED) is 0.313. The average molecular weight is 267 g/mol. The van der Waals surface area contributed by atoms with E-state index in [2.05, 4.69) is 0 Å². The van der Waals surface area contributed by atoms with Crippen LogP contribution >= 0.6 is 0 Å². The fraction of sp³-hybridized carbons (Fsp3) is 0.462. The monoisotopic (exact) mass is 267 g/mol. The first-order valence-corrected chi connectivity index (χ1v) is 5.98. The van der Waals surface area contributed by atoms with Gasteiger partial charge in [-0.2, -0.15) is 0 Å². The lowest BCUT2D eigenvalue weighted by atomic mass is 10.2. The van der Waals surface area contributed by atoms with Crippen LogP contribution in [0.25, 0.3) is 0 Å². The van der Waals surface area contributed by atoms with Gasteiger partial charge in [0, 0.05) is 18.7 Å². The lowest BCUT2D eigenvalue weighted by Crippen LogP contribution is -2.11. The van der Waals surface area contributed by atoms with Gasteiger partial charge in [0.25, 0.3) is 5.69 Å². The molecule has 0 saturated carbocycles. The Morgan fingerprint density at radius 1 is 1.37 bits per heavy atom. The zero-order valence-corrected chi connectivity index (χ0v) is 11.0. The first-order valence-electron chi connectivity index (χ1n) is 5.98. The van der Waals surface area contributed by atoms with Gasteiger partial charge in [0.05, 0.1) is 17.1 Å². The molecule has 19 heavy (non-hydrogen) atoms. The predicted octanol–water partition coefficient (Wildman–Crippen LogP) is 2.46. The smallest absolute Gasteiger partial charge is 0.270 e. The Bertz CT molecular complexity index is 445. The Balaban J connectivity index is 2.54. The van der Waals surface area contributed by atoms with Gasteiger partial charge < -0.3 is 9.47 Å². The van der Waals surface area contributed by atoms with E-state index < -0.39 is 4.92 Å². The molecule has 0 spiro atoms. The van der Waals surface area contributed by atoms with E-state index in [1.165, 1.54) is 18.2 Å². The summed E-state index contributed by atoms with van der Waals surface area (Å²) in [5.41, 5.74) is 0.0311. The second-order valence-electron chi connectivity index (χ2n) is 4.41. The first kappa shape index (κ1) is 15.1. The minimum atomic E-state index is -0.553. The molecular formula is C13H17NO5. The lowest BCUT2D eigenvalue weighted by molar-refractivity contribution is -0.384. The number of carbonyl (C=O) groups excluding carboxylic acids is 1. The Hall–Kier alpha value is -1.95. The van der Waals surface area contributed by atoms with Crippen LogP contribution < -0.4 is 4.74 Å². The largest absolute Gasteiger partial charge is 0.490 e. The molecule has 0 fully saturated rings. The van der Waals surface area contributed by atoms with E-state index in [1.54, 1.807) is 0 Å². The Morgan fingerprint density at radius 3 is 2.68 bits per heavy atom. The molecule has 0 aromatic heterocycles. The number of nitro groups is 1. The number of ether oxygens (including phenoxy) is 2. The fourth-order valence-corrected chi connectivity index (χ4v) is 1.40. The van der Waals surface area contributed by atoms with Crippen molar-refractivity contribution in [2.45, 2.75) is 13.8 Å². The minimum Gasteiger partial charge on any atom is -0.490 e. The number of nitrogens with zero attached hydrogens (tertiary/aromatic N) is 1. The van der Waals surface area contributed by atoms with Crippen molar-refractivity contribution < 1.29 is 19.2 Å². The summed E-state index contributed by atoms with van der Waals surface area (Å²) in [5, 5.41) is 10.6. The summed E-state index contributed by atoms with van der Waals surface area (Å²) in [4.78, 5) is 20.9. The van der Waals surface area contributed by atoms with E-state index in [0.717, 1.165) is 0 Å². The molecule has 0 radical (unpaired) electrons. The van der Waals surface area contributed by atoms with E-state index in [0.29, 0.717) is 37.8 Å². The van der Waals surface area contributed by atoms with Crippen molar-refractivity contribution in [2.24, 2.45) is 5.92 Å². The maximum absolute atomic E-state index is 10.8. The Morgan fingerprint density at radius 2 is 2.11 bits per heavy atom. The molecule has 0 aliphatic rings. The van der Waals surface area contributed by atoms with E-state index >= 15 is 0 Å². The van der Waals surface area contributed by atoms with Crippen LogP contribution in [0.1, 0.15) is 24.2 Å². The van der Waals surface area contributed by atoms with Gasteiger partial charge in [-0.05, 0) is 12.0 Å². The summed E-state index contributed by atoms with van der Waals surface area (Å²) in [6.07, 6.45) is 0.539. The molecule has 0 heterocycles. The lowest BCUT2D eigenvalue weighted by Gasteiger charge is -2.09. The highest BCUT2D eigenvalue weighted by Crippen LogP contribution is 2.22. The van der Waals surface area contributed by atoms with Gasteiger partial charge in [-0.3, -0.25) is 14.9 Å². The molecule has 0 unspecified atom stereocenters. The predicted molar refractivity (Wildman–Crippen MR) is 69.6 cm³/mol. The summed E-state index contributed by atoms with van der Waals surface area (Å²) >= 11 is 0. The normalized spacial score (nSPS) is 10.5. The topological polar surface area (TPSA) is 78.7 Å². The van der Waals surface area contributed by atoms with Crippen LogP contribution in [0.5, 0.6) is 5.75 Å². The average Bonchev–Trinajstić information content (AvgIpc) is 2.37. The zero-order valence-electron chi connectivity index (χ0n) is 11.0. The number of non-ortho nitro benzene ring substituents is 1. The van der Waals surface area contributed by atoms with Crippen molar-refractivity contribution in [2.75, 3.05) is 19.8 Å². The molecule has 104 valence electrons. The van der Waals surface area contributed by atoms with Gasteiger partial charge >= 0.3 is 0 Å². The third kappa shape index (κ3) is 5.05. The maximum Gasteiger partial charge on any atom is 0.270 e. The molecule has 6 heteroatoms. The van der Waals surface area contributed by atoms with Crippen LogP contribution in [0.4, 0.5) is 5.69 Å². The molecule has 6 nitrogen and oxygen atoms in total. The van der Waals surface area contributed by atoms with E-state index in [4.69, 9.17) is 9.47 Å². The second-order valence-corrected chi connectivity index (χ2v) is 4.41. The van der Waals surface area contributed by atoms with Gasteiger partial charge in [0.15, 0.2) is 6.29 Å². The number of hydrogen-bond acceptors (Lipinski definition) is 5. The Kier molecular flexibility index (Phi) is 5.95. The number of benzene rings is 1. The summed E-state index contributed by atoms with van der Waals surface area (Å²) in [5.74, 6) is 0.777. The third-order valence-electron chi connectivity index (χ3n) is 2.27. The maximum atomic E-state index is 10.8. The van der Waals surface area contributed by atoms with Gasteiger partial charge in [-0.15, -0.1) is 0 Å². The van der Waals surface area contributed by atoms with Crippen LogP contribution in [-0.2, 0) is 4.74 Å². The van der Waals surface area contributed by atoms with Gasteiger partial charge in [0.2, 0.25) is 0 Å². The van der Waals surface area contributed by atoms with Gasteiger partial charge in [-0.1, -0.05) is 13.8 Å². The van der Waals surface area contributed by atoms with Gasteiger partial charge in [-0.25, -0.2) is 0 Å². The second kappa shape index (κ2) is 7.48. The highest BCUT2D eigenvalue weighted by molar-refractivity contribution is 5.80. The van der Waals surface area contributed by atoms with E-state index in [9.17, 15) is 14.9 Å². The van der Waals surface area contributed by atoms with Crippen LogP contribution in [0, 0.1) is 16.0 Å². The number of aldehydes is 1. The van der Waals surface area contributed by atoms with Crippen molar-refractivity contribution in [3.8, 4) is 5.75 Å². The molecule has 0 bridgehead atoms. The summed E-state index contributed by atoms with van der Waals surface area (Å²) in [6.45, 7) is 5.44. The Labute approximate surface area is 111 Å². The molecule has 1 aromatic carbocycles. The molecule has 0 aliphatic heterocycles. The molecular weight excluding hydrogens is 250 g/mol. The third-order valence-corrected chi connectivity index (χ3v) is 2.27. The highest BCUT2D eigenvalue weighted by atomic mass is 16.6. The van der Waals surface area contributed by atoms with Crippen LogP contribution in [0.2, 0.25) is 0 Å². The van der Waals surface area contributed by atoms with Crippen molar-refractivity contribution in [3.05, 3.63) is 33.9 Å². The molecule has 1 rings (SSSR count). The van der Waals surface area contributed by atoms with Crippen molar-refractivity contribution in [3.63, 3.8) is 0 Å². The highest BCUT2D eigenvalue weighted by Gasteiger charge is 2.11. The molecule has 0 amide bonds. The number of carbonyl (C=O) groups is 1. The number of nitro benzene ring substituents is 1. The van der Waals surface area contributed by atoms with Crippen molar-refractivity contribution in [1.29, 1.82) is 0 Å². The van der Waals surface area contributed by atoms with Crippen LogP contribution in [0.3, 0.4) is 0 Å². The van der Waals surface area contributed by atoms with Crippen molar-refractivity contribution >= 4 is 12.0 Å². The molecule has 0 saturated heterocycles.